The molecule has 14 heavy (non-hydrogen) atoms. The van der Waals surface area contributed by atoms with Crippen LogP contribution in [0.3, 0.4) is 0 Å². The monoisotopic (exact) mass is 191 g/mol. The third-order valence-electron chi connectivity index (χ3n) is 1.64. The van der Waals surface area contributed by atoms with E-state index in [0.717, 1.165) is 12.0 Å². The van der Waals surface area contributed by atoms with E-state index in [1.165, 1.54) is 6.08 Å². The number of carbonyl (C=O) groups excluding carboxylic acids is 1. The molecule has 0 aliphatic heterocycles. The van der Waals surface area contributed by atoms with Gasteiger partial charge in [0.2, 0.25) is 0 Å². The van der Waals surface area contributed by atoms with Crippen LogP contribution in [-0.4, -0.2) is 17.6 Å². The van der Waals surface area contributed by atoms with E-state index >= 15 is 0 Å². The normalized spacial score (nSPS) is 10.4. The second-order valence-corrected chi connectivity index (χ2v) is 2.71. The Hall–Kier alpha value is -1.64. The van der Waals surface area contributed by atoms with Gasteiger partial charge >= 0.3 is 5.97 Å². The third kappa shape index (κ3) is 3.85. The molecule has 0 aromatic carbocycles. The van der Waals surface area contributed by atoms with Crippen molar-refractivity contribution in [3.05, 3.63) is 42.2 Å². The Balaban J connectivity index is 2.37. The number of pyridine rings is 1. The number of ether oxygens (including phenoxy) is 1. The molecule has 1 aromatic rings. The maximum absolute atomic E-state index is 10.9. The molecule has 0 N–H and O–H groups in total. The van der Waals surface area contributed by atoms with Gasteiger partial charge in [-0.15, -0.1) is 0 Å². The Labute approximate surface area is 83.4 Å². The van der Waals surface area contributed by atoms with Gasteiger partial charge in [-0.05, 0) is 31.0 Å². The highest BCUT2D eigenvalue weighted by atomic mass is 16.5. The summed E-state index contributed by atoms with van der Waals surface area (Å²) in [7, 11) is 0. The van der Waals surface area contributed by atoms with Crippen molar-refractivity contribution in [3.8, 4) is 0 Å². The smallest absolute Gasteiger partial charge is 0.330 e. The summed E-state index contributed by atoms with van der Waals surface area (Å²) in [5, 5.41) is 0. The molecule has 0 radical (unpaired) electrons. The average Bonchev–Trinajstić information content (AvgIpc) is 2.20. The quantitative estimate of drug-likeness (QED) is 0.537. The standard InChI is InChI=1S/C11H13NO2/c1-2-14-11(13)5-3-4-10-6-8-12-9-7-10/h3,5-9H,2,4H2,1H3/b5-3+. The second-order valence-electron chi connectivity index (χ2n) is 2.71. The van der Waals surface area contributed by atoms with Crippen LogP contribution < -0.4 is 0 Å². The Morgan fingerprint density at radius 1 is 1.50 bits per heavy atom. The lowest BCUT2D eigenvalue weighted by Gasteiger charge is -1.95. The summed E-state index contributed by atoms with van der Waals surface area (Å²) in [6.07, 6.45) is 7.42. The molecule has 0 bridgehead atoms. The van der Waals surface area contributed by atoms with Crippen molar-refractivity contribution < 1.29 is 9.53 Å². The minimum absolute atomic E-state index is 0.290. The highest BCUT2D eigenvalue weighted by Gasteiger charge is 1.92. The highest BCUT2D eigenvalue weighted by molar-refractivity contribution is 5.81. The summed E-state index contributed by atoms with van der Waals surface area (Å²) in [4.78, 5) is 14.8. The third-order valence-corrected chi connectivity index (χ3v) is 1.64. The molecule has 0 saturated heterocycles. The SMILES string of the molecule is CCOC(=O)/C=C/Cc1ccncc1. The largest absolute Gasteiger partial charge is 0.463 e. The molecular weight excluding hydrogens is 178 g/mol. The van der Waals surface area contributed by atoms with E-state index in [9.17, 15) is 4.79 Å². The minimum atomic E-state index is -0.290. The van der Waals surface area contributed by atoms with Crippen molar-refractivity contribution in [1.82, 2.24) is 4.98 Å². The van der Waals surface area contributed by atoms with Crippen LogP contribution in [0.5, 0.6) is 0 Å². The molecule has 0 unspecified atom stereocenters. The molecule has 0 spiro atoms. The van der Waals surface area contributed by atoms with Crippen molar-refractivity contribution in [2.45, 2.75) is 13.3 Å². The molecule has 0 aliphatic carbocycles. The first-order valence-electron chi connectivity index (χ1n) is 4.55. The van der Waals surface area contributed by atoms with Crippen LogP contribution in [0, 0.1) is 0 Å². The predicted molar refractivity (Wildman–Crippen MR) is 53.7 cm³/mol. The fraction of sp³-hybridized carbons (Fsp3) is 0.273. The Kier molecular flexibility index (Phi) is 4.41. The fourth-order valence-corrected chi connectivity index (χ4v) is 1.00. The van der Waals surface area contributed by atoms with Gasteiger partial charge in [-0.25, -0.2) is 4.79 Å². The number of esters is 1. The van der Waals surface area contributed by atoms with Crippen LogP contribution in [0.2, 0.25) is 0 Å². The van der Waals surface area contributed by atoms with Crippen molar-refractivity contribution in [2.75, 3.05) is 6.61 Å². The number of carbonyl (C=O) groups is 1. The van der Waals surface area contributed by atoms with Gasteiger partial charge in [-0.1, -0.05) is 6.08 Å². The number of hydrogen-bond acceptors (Lipinski definition) is 3. The molecule has 1 heterocycles. The zero-order valence-corrected chi connectivity index (χ0v) is 8.14. The van der Waals surface area contributed by atoms with Crippen molar-refractivity contribution in [1.29, 1.82) is 0 Å². The molecule has 74 valence electrons. The van der Waals surface area contributed by atoms with Crippen LogP contribution in [-0.2, 0) is 16.0 Å². The first-order valence-corrected chi connectivity index (χ1v) is 4.55. The second kappa shape index (κ2) is 5.91. The first-order chi connectivity index (χ1) is 6.83. The van der Waals surface area contributed by atoms with Gasteiger partial charge in [0.05, 0.1) is 6.61 Å². The molecular formula is C11H13NO2. The number of hydrogen-bond donors (Lipinski definition) is 0. The summed E-state index contributed by atoms with van der Waals surface area (Å²) in [5.74, 6) is -0.290. The topological polar surface area (TPSA) is 39.2 Å². The van der Waals surface area contributed by atoms with E-state index in [1.807, 2.05) is 12.1 Å². The van der Waals surface area contributed by atoms with Crippen LogP contribution >= 0.6 is 0 Å². The van der Waals surface area contributed by atoms with Crippen molar-refractivity contribution >= 4 is 5.97 Å². The zero-order chi connectivity index (χ0) is 10.2. The van der Waals surface area contributed by atoms with Gasteiger partial charge in [0, 0.05) is 18.5 Å². The first kappa shape index (κ1) is 10.4. The number of nitrogens with zero attached hydrogens (tertiary/aromatic N) is 1. The van der Waals surface area contributed by atoms with Crippen molar-refractivity contribution in [2.24, 2.45) is 0 Å². The maximum atomic E-state index is 10.9. The molecule has 0 aliphatic rings. The zero-order valence-electron chi connectivity index (χ0n) is 8.14. The van der Waals surface area contributed by atoms with E-state index in [0.29, 0.717) is 6.61 Å². The summed E-state index contributed by atoms with van der Waals surface area (Å²) < 4.78 is 4.74. The van der Waals surface area contributed by atoms with E-state index in [1.54, 1.807) is 25.4 Å². The lowest BCUT2D eigenvalue weighted by Crippen LogP contribution is -1.99. The van der Waals surface area contributed by atoms with E-state index in [4.69, 9.17) is 4.74 Å². The fourth-order valence-electron chi connectivity index (χ4n) is 1.00. The molecule has 3 heteroatoms. The number of allylic oxidation sites excluding steroid dienone is 1. The molecule has 3 nitrogen and oxygen atoms in total. The van der Waals surface area contributed by atoms with Crippen LogP contribution in [0.25, 0.3) is 0 Å². The van der Waals surface area contributed by atoms with Crippen LogP contribution in [0.1, 0.15) is 12.5 Å². The molecule has 1 aromatic heterocycles. The molecule has 0 saturated carbocycles. The highest BCUT2D eigenvalue weighted by Crippen LogP contribution is 1.98. The van der Waals surface area contributed by atoms with E-state index in [2.05, 4.69) is 4.98 Å². The van der Waals surface area contributed by atoms with Gasteiger partial charge < -0.3 is 4.74 Å². The number of rotatable bonds is 4. The summed E-state index contributed by atoms with van der Waals surface area (Å²) in [6.45, 7) is 2.20. The number of aromatic nitrogens is 1. The molecule has 1 rings (SSSR count). The van der Waals surface area contributed by atoms with Crippen LogP contribution in [0.15, 0.2) is 36.7 Å². The minimum Gasteiger partial charge on any atom is -0.463 e. The molecule has 0 fully saturated rings. The van der Waals surface area contributed by atoms with Gasteiger partial charge in [-0.2, -0.15) is 0 Å². The van der Waals surface area contributed by atoms with Crippen LogP contribution in [0.4, 0.5) is 0 Å². The molecule has 0 atom stereocenters. The molecule has 0 amide bonds. The Morgan fingerprint density at radius 3 is 2.86 bits per heavy atom. The van der Waals surface area contributed by atoms with Crippen molar-refractivity contribution in [3.63, 3.8) is 0 Å². The maximum Gasteiger partial charge on any atom is 0.330 e. The Bertz CT molecular complexity index is 306. The van der Waals surface area contributed by atoms with Gasteiger partial charge in [0.15, 0.2) is 0 Å². The predicted octanol–water partition coefficient (Wildman–Crippen LogP) is 1.74. The van der Waals surface area contributed by atoms with Gasteiger partial charge in [0.1, 0.15) is 0 Å². The van der Waals surface area contributed by atoms with Gasteiger partial charge in [-0.3, -0.25) is 4.98 Å². The lowest BCUT2D eigenvalue weighted by molar-refractivity contribution is -0.137. The average molecular weight is 191 g/mol. The summed E-state index contributed by atoms with van der Waals surface area (Å²) in [6, 6.07) is 3.82. The lowest BCUT2D eigenvalue weighted by atomic mass is 10.2. The Morgan fingerprint density at radius 2 is 2.21 bits per heavy atom. The summed E-state index contributed by atoms with van der Waals surface area (Å²) >= 11 is 0. The van der Waals surface area contributed by atoms with E-state index < -0.39 is 0 Å². The van der Waals surface area contributed by atoms with E-state index in [-0.39, 0.29) is 5.97 Å². The summed E-state index contributed by atoms with van der Waals surface area (Å²) in [5.41, 5.74) is 1.13. The van der Waals surface area contributed by atoms with Gasteiger partial charge in [0.25, 0.3) is 0 Å².